The molecule has 26 heavy (non-hydrogen) atoms. The Morgan fingerprint density at radius 3 is 2.38 bits per heavy atom. The van der Waals surface area contributed by atoms with E-state index < -0.39 is 6.23 Å². The second-order valence-corrected chi connectivity index (χ2v) is 6.07. The fraction of sp³-hybridized carbons (Fsp3) is 0.167. The zero-order chi connectivity index (χ0) is 18.7. The van der Waals surface area contributed by atoms with Crippen LogP contribution in [0.15, 0.2) is 42.5 Å². The van der Waals surface area contributed by atoms with E-state index in [1.54, 1.807) is 43.4 Å². The van der Waals surface area contributed by atoms with Crippen LogP contribution in [0.25, 0.3) is 22.8 Å². The fourth-order valence-electron chi connectivity index (χ4n) is 2.50. The molecule has 2 aromatic carbocycles. The highest BCUT2D eigenvalue weighted by Crippen LogP contribution is 2.27. The van der Waals surface area contributed by atoms with E-state index in [9.17, 15) is 5.11 Å². The summed E-state index contributed by atoms with van der Waals surface area (Å²) in [6.45, 7) is 0.339. The number of nitrogens with two attached hydrogens (primary N) is 2. The highest BCUT2D eigenvalue weighted by Gasteiger charge is 2.13. The first-order valence-electron chi connectivity index (χ1n) is 7.98. The Hall–Kier alpha value is -2.58. The highest BCUT2D eigenvalue weighted by molar-refractivity contribution is 6.30. The van der Waals surface area contributed by atoms with Crippen LogP contribution in [0.3, 0.4) is 0 Å². The first-order chi connectivity index (χ1) is 12.5. The maximum atomic E-state index is 9.45. The van der Waals surface area contributed by atoms with Gasteiger partial charge in [-0.15, -0.1) is 0 Å². The van der Waals surface area contributed by atoms with Crippen molar-refractivity contribution < 1.29 is 5.11 Å². The Morgan fingerprint density at radius 1 is 1.08 bits per heavy atom. The number of hydrogen-bond donors (Lipinski definition) is 4. The monoisotopic (exact) mass is 370 g/mol. The van der Waals surface area contributed by atoms with Gasteiger partial charge in [-0.25, -0.2) is 4.98 Å². The van der Waals surface area contributed by atoms with E-state index in [4.69, 9.17) is 23.1 Å². The third kappa shape index (κ3) is 3.81. The summed E-state index contributed by atoms with van der Waals surface area (Å²) in [7, 11) is 1.73. The molecule has 0 spiro atoms. The van der Waals surface area contributed by atoms with Crippen molar-refractivity contribution >= 4 is 17.5 Å². The smallest absolute Gasteiger partial charge is 0.226 e. The second kappa shape index (κ2) is 7.76. The predicted octanol–water partition coefficient (Wildman–Crippen LogP) is 2.31. The fourth-order valence-corrected chi connectivity index (χ4v) is 2.67. The van der Waals surface area contributed by atoms with E-state index in [2.05, 4.69) is 20.3 Å². The lowest BCUT2D eigenvalue weighted by molar-refractivity contribution is 0.186. The Kier molecular flexibility index (Phi) is 5.43. The predicted molar refractivity (Wildman–Crippen MR) is 102 cm³/mol. The van der Waals surface area contributed by atoms with E-state index >= 15 is 0 Å². The Bertz CT molecular complexity index is 914. The summed E-state index contributed by atoms with van der Waals surface area (Å²) in [5, 5.41) is 13.0. The molecule has 0 amide bonds. The van der Waals surface area contributed by atoms with Crippen LogP contribution in [0, 0.1) is 0 Å². The van der Waals surface area contributed by atoms with Crippen molar-refractivity contribution in [3.8, 4) is 22.8 Å². The van der Waals surface area contributed by atoms with Gasteiger partial charge in [-0.1, -0.05) is 41.9 Å². The van der Waals surface area contributed by atoms with Gasteiger partial charge in [-0.05, 0) is 23.3 Å². The molecular formula is C18H19ClN6O. The SMILES string of the molecule is CNc1nc(-c2ccc(C(N)O)cc2)nc(-c2cc(Cl)ccc2CN)n1. The van der Waals surface area contributed by atoms with Crippen molar-refractivity contribution in [2.24, 2.45) is 11.5 Å². The number of hydrogen-bond acceptors (Lipinski definition) is 7. The van der Waals surface area contributed by atoms with Crippen molar-refractivity contribution in [1.29, 1.82) is 0 Å². The zero-order valence-electron chi connectivity index (χ0n) is 14.1. The number of aromatic nitrogens is 3. The number of aliphatic hydroxyl groups excluding tert-OH is 1. The molecule has 0 saturated carbocycles. The molecular weight excluding hydrogens is 352 g/mol. The van der Waals surface area contributed by atoms with Gasteiger partial charge in [0.15, 0.2) is 11.6 Å². The van der Waals surface area contributed by atoms with E-state index in [0.717, 1.165) is 16.7 Å². The maximum absolute atomic E-state index is 9.45. The molecule has 1 unspecified atom stereocenters. The van der Waals surface area contributed by atoms with Crippen LogP contribution in [0.5, 0.6) is 0 Å². The minimum atomic E-state index is -1.02. The number of benzene rings is 2. The van der Waals surface area contributed by atoms with E-state index in [0.29, 0.717) is 34.7 Å². The summed E-state index contributed by atoms with van der Waals surface area (Å²) < 4.78 is 0. The van der Waals surface area contributed by atoms with Gasteiger partial charge >= 0.3 is 0 Å². The van der Waals surface area contributed by atoms with Crippen molar-refractivity contribution in [2.45, 2.75) is 12.8 Å². The maximum Gasteiger partial charge on any atom is 0.226 e. The number of halogens is 1. The van der Waals surface area contributed by atoms with Crippen molar-refractivity contribution in [3.05, 3.63) is 58.6 Å². The van der Waals surface area contributed by atoms with Gasteiger partial charge in [0.05, 0.1) is 0 Å². The normalized spacial score (nSPS) is 12.0. The number of nitrogens with zero attached hydrogens (tertiary/aromatic N) is 3. The summed E-state index contributed by atoms with van der Waals surface area (Å²) in [5.41, 5.74) is 14.3. The minimum Gasteiger partial charge on any atom is -0.375 e. The van der Waals surface area contributed by atoms with Gasteiger partial charge in [-0.2, -0.15) is 9.97 Å². The topological polar surface area (TPSA) is 123 Å². The third-order valence-corrected chi connectivity index (χ3v) is 4.14. The molecule has 3 rings (SSSR count). The molecule has 6 N–H and O–H groups in total. The molecule has 0 aliphatic rings. The van der Waals surface area contributed by atoms with E-state index in [1.165, 1.54) is 0 Å². The third-order valence-electron chi connectivity index (χ3n) is 3.90. The van der Waals surface area contributed by atoms with Crippen molar-refractivity contribution in [3.63, 3.8) is 0 Å². The summed E-state index contributed by atoms with van der Waals surface area (Å²) in [5.74, 6) is 1.39. The largest absolute Gasteiger partial charge is 0.375 e. The van der Waals surface area contributed by atoms with E-state index in [-0.39, 0.29) is 0 Å². The number of nitrogens with one attached hydrogen (secondary N) is 1. The standard InChI is InChI=1S/C18H19ClN6O/c1-22-18-24-16(11-4-2-10(3-5-11)15(21)26)23-17(25-18)14-8-13(19)7-6-12(14)9-20/h2-8,15,26H,9,20-21H2,1H3,(H,22,23,24,25). The van der Waals surface area contributed by atoms with Crippen LogP contribution in [0.2, 0.25) is 5.02 Å². The van der Waals surface area contributed by atoms with Gasteiger partial charge < -0.3 is 21.9 Å². The van der Waals surface area contributed by atoms with Crippen LogP contribution in [0.4, 0.5) is 5.95 Å². The molecule has 0 saturated heterocycles. The quantitative estimate of drug-likeness (QED) is 0.508. The van der Waals surface area contributed by atoms with Crippen molar-refractivity contribution in [1.82, 2.24) is 15.0 Å². The molecule has 7 nitrogen and oxygen atoms in total. The molecule has 3 aromatic rings. The summed E-state index contributed by atoms with van der Waals surface area (Å²) in [6, 6.07) is 12.5. The van der Waals surface area contributed by atoms with Crippen LogP contribution in [-0.4, -0.2) is 27.1 Å². The number of aliphatic hydroxyl groups is 1. The van der Waals surface area contributed by atoms with Crippen LogP contribution in [-0.2, 0) is 6.54 Å². The van der Waals surface area contributed by atoms with Gasteiger partial charge in [0.1, 0.15) is 6.23 Å². The second-order valence-electron chi connectivity index (χ2n) is 5.63. The zero-order valence-corrected chi connectivity index (χ0v) is 14.9. The van der Waals surface area contributed by atoms with Gasteiger partial charge in [-0.3, -0.25) is 0 Å². The van der Waals surface area contributed by atoms with Gasteiger partial charge in [0.25, 0.3) is 0 Å². The Morgan fingerprint density at radius 2 is 1.77 bits per heavy atom. The molecule has 0 aliphatic carbocycles. The molecule has 0 radical (unpaired) electrons. The molecule has 1 heterocycles. The summed E-state index contributed by atoms with van der Waals surface area (Å²) in [4.78, 5) is 13.4. The van der Waals surface area contributed by atoms with Crippen LogP contribution in [0.1, 0.15) is 17.4 Å². The molecule has 1 aromatic heterocycles. The lowest BCUT2D eigenvalue weighted by atomic mass is 10.1. The number of anilines is 1. The first-order valence-corrected chi connectivity index (χ1v) is 8.36. The Balaban J connectivity index is 2.12. The summed E-state index contributed by atoms with van der Waals surface area (Å²) in [6.07, 6.45) is -1.02. The van der Waals surface area contributed by atoms with Crippen LogP contribution < -0.4 is 16.8 Å². The van der Waals surface area contributed by atoms with Crippen molar-refractivity contribution in [2.75, 3.05) is 12.4 Å². The molecule has 0 fully saturated rings. The lowest BCUT2D eigenvalue weighted by Crippen LogP contribution is -2.08. The van der Waals surface area contributed by atoms with Gasteiger partial charge in [0, 0.05) is 29.7 Å². The van der Waals surface area contributed by atoms with Gasteiger partial charge in [0.2, 0.25) is 5.95 Å². The van der Waals surface area contributed by atoms with Crippen LogP contribution >= 0.6 is 11.6 Å². The Labute approximate surface area is 156 Å². The summed E-state index contributed by atoms with van der Waals surface area (Å²) >= 11 is 6.14. The number of rotatable bonds is 5. The average molecular weight is 371 g/mol. The lowest BCUT2D eigenvalue weighted by Gasteiger charge is -2.11. The molecule has 1 atom stereocenters. The van der Waals surface area contributed by atoms with E-state index in [1.807, 2.05) is 6.07 Å². The molecule has 134 valence electrons. The molecule has 8 heteroatoms. The average Bonchev–Trinajstić information content (AvgIpc) is 2.67. The first kappa shape index (κ1) is 18.2. The highest BCUT2D eigenvalue weighted by atomic mass is 35.5. The molecule has 0 bridgehead atoms. The minimum absolute atomic E-state index is 0.339. The molecule has 0 aliphatic heterocycles.